The highest BCUT2D eigenvalue weighted by atomic mass is 16.5. The largest absolute Gasteiger partial charge is 0.469 e. The maximum atomic E-state index is 12.0. The van der Waals surface area contributed by atoms with Gasteiger partial charge in [0.05, 0.1) is 12.5 Å². The fraction of sp³-hybridized carbons (Fsp3) is 0.625. The fourth-order valence-corrected chi connectivity index (χ4v) is 3.97. The number of carbonyl (C=O) groups is 1. The molecule has 102 valence electrons. The van der Waals surface area contributed by atoms with Crippen molar-refractivity contribution in [2.45, 2.75) is 51.4 Å². The molecule has 0 N–H and O–H groups in total. The van der Waals surface area contributed by atoms with Crippen LogP contribution in [0.1, 0.15) is 49.1 Å². The fourth-order valence-electron chi connectivity index (χ4n) is 3.97. The van der Waals surface area contributed by atoms with E-state index >= 15 is 0 Å². The van der Waals surface area contributed by atoms with Crippen molar-refractivity contribution in [3.05, 3.63) is 29.1 Å². The van der Waals surface area contributed by atoms with Crippen LogP contribution in [0, 0.1) is 19.3 Å². The van der Waals surface area contributed by atoms with E-state index in [-0.39, 0.29) is 16.8 Å². The summed E-state index contributed by atoms with van der Waals surface area (Å²) in [6.45, 7) is 4.15. The minimum atomic E-state index is -0.227. The standard InChI is InChI=1S/C16H21NO2/c1-11-4-5-13(17-12(11)2)15-6-8-16(10-15,9-7-15)14(18)19-3/h4-5H,6-10H2,1-3H3. The lowest BCUT2D eigenvalue weighted by atomic mass is 9.80. The Morgan fingerprint density at radius 2 is 1.89 bits per heavy atom. The zero-order valence-electron chi connectivity index (χ0n) is 12.0. The topological polar surface area (TPSA) is 39.2 Å². The summed E-state index contributed by atoms with van der Waals surface area (Å²) < 4.78 is 5.02. The Labute approximate surface area is 114 Å². The summed E-state index contributed by atoms with van der Waals surface area (Å²) in [6, 6.07) is 4.31. The SMILES string of the molecule is COC(=O)C12CCC(c3ccc(C)c(C)n3)(CC1)C2. The summed E-state index contributed by atoms with van der Waals surface area (Å²) in [5, 5.41) is 0. The molecule has 2 fully saturated rings. The van der Waals surface area contributed by atoms with Gasteiger partial charge in [0.2, 0.25) is 0 Å². The van der Waals surface area contributed by atoms with Gasteiger partial charge >= 0.3 is 5.97 Å². The third-order valence-electron chi connectivity index (χ3n) is 5.35. The van der Waals surface area contributed by atoms with E-state index in [2.05, 4.69) is 26.0 Å². The summed E-state index contributed by atoms with van der Waals surface area (Å²) in [4.78, 5) is 16.8. The highest BCUT2D eigenvalue weighted by Gasteiger charge is 2.59. The molecular weight excluding hydrogens is 238 g/mol. The highest BCUT2D eigenvalue weighted by molar-refractivity contribution is 5.78. The van der Waals surface area contributed by atoms with E-state index in [1.54, 1.807) is 0 Å². The van der Waals surface area contributed by atoms with Crippen molar-refractivity contribution < 1.29 is 9.53 Å². The molecule has 1 heterocycles. The van der Waals surface area contributed by atoms with Crippen LogP contribution in [0.4, 0.5) is 0 Å². The van der Waals surface area contributed by atoms with E-state index in [0.29, 0.717) is 0 Å². The maximum absolute atomic E-state index is 12.0. The van der Waals surface area contributed by atoms with Crippen molar-refractivity contribution in [2.24, 2.45) is 5.41 Å². The second kappa shape index (κ2) is 4.06. The number of aromatic nitrogens is 1. The summed E-state index contributed by atoms with van der Waals surface area (Å²) >= 11 is 0. The van der Waals surface area contributed by atoms with E-state index in [1.165, 1.54) is 18.4 Å². The molecule has 0 amide bonds. The molecule has 0 atom stereocenters. The van der Waals surface area contributed by atoms with Crippen molar-refractivity contribution in [1.29, 1.82) is 0 Å². The van der Waals surface area contributed by atoms with Gasteiger partial charge in [0.15, 0.2) is 0 Å². The highest BCUT2D eigenvalue weighted by Crippen LogP contribution is 2.62. The van der Waals surface area contributed by atoms with Crippen LogP contribution in [0.3, 0.4) is 0 Å². The number of fused-ring (bicyclic) bond motifs is 2. The van der Waals surface area contributed by atoms with Crippen LogP contribution in [0.5, 0.6) is 0 Å². The number of ether oxygens (including phenoxy) is 1. The third kappa shape index (κ3) is 1.71. The Morgan fingerprint density at radius 3 is 2.47 bits per heavy atom. The Kier molecular flexibility index (Phi) is 2.70. The van der Waals surface area contributed by atoms with Crippen LogP contribution in [0.25, 0.3) is 0 Å². The van der Waals surface area contributed by atoms with Crippen LogP contribution in [-0.4, -0.2) is 18.1 Å². The lowest BCUT2D eigenvalue weighted by Gasteiger charge is -2.26. The number of nitrogens with zero attached hydrogens (tertiary/aromatic N) is 1. The number of methoxy groups -OCH3 is 1. The molecule has 0 aliphatic heterocycles. The molecule has 0 aromatic carbocycles. The minimum absolute atomic E-state index is 0.0179. The first-order chi connectivity index (χ1) is 9.01. The number of hydrogen-bond donors (Lipinski definition) is 0. The number of aryl methyl sites for hydroxylation is 2. The normalized spacial score (nSPS) is 32.6. The predicted octanol–water partition coefficient (Wildman–Crippen LogP) is 3.07. The van der Waals surface area contributed by atoms with Gasteiger partial charge in [-0.1, -0.05) is 6.07 Å². The number of hydrogen-bond acceptors (Lipinski definition) is 3. The second-order valence-electron chi connectivity index (χ2n) is 6.33. The van der Waals surface area contributed by atoms with Crippen molar-refractivity contribution in [3.8, 4) is 0 Å². The molecule has 2 bridgehead atoms. The van der Waals surface area contributed by atoms with Gasteiger partial charge in [-0.3, -0.25) is 9.78 Å². The Bertz CT molecular complexity index is 528. The summed E-state index contributed by atoms with van der Waals surface area (Å²) in [5.41, 5.74) is 3.41. The van der Waals surface area contributed by atoms with Gasteiger partial charge in [0.25, 0.3) is 0 Å². The molecule has 2 aliphatic rings. The lowest BCUT2D eigenvalue weighted by molar-refractivity contribution is -0.152. The minimum Gasteiger partial charge on any atom is -0.469 e. The van der Waals surface area contributed by atoms with Crippen LogP contribution >= 0.6 is 0 Å². The van der Waals surface area contributed by atoms with Crippen molar-refractivity contribution in [2.75, 3.05) is 7.11 Å². The Hall–Kier alpha value is -1.38. The maximum Gasteiger partial charge on any atom is 0.311 e. The average Bonchev–Trinajstić information content (AvgIpc) is 2.99. The zero-order valence-corrected chi connectivity index (χ0v) is 12.0. The summed E-state index contributed by atoms with van der Waals surface area (Å²) in [7, 11) is 1.50. The summed E-state index contributed by atoms with van der Waals surface area (Å²) in [6.07, 6.45) is 4.96. The predicted molar refractivity (Wildman–Crippen MR) is 72.9 cm³/mol. The van der Waals surface area contributed by atoms with Crippen LogP contribution in [-0.2, 0) is 14.9 Å². The molecule has 3 nitrogen and oxygen atoms in total. The van der Waals surface area contributed by atoms with Gasteiger partial charge in [-0.25, -0.2) is 0 Å². The van der Waals surface area contributed by atoms with Crippen molar-refractivity contribution in [3.63, 3.8) is 0 Å². The number of esters is 1. The average molecular weight is 259 g/mol. The first-order valence-corrected chi connectivity index (χ1v) is 7.05. The van der Waals surface area contributed by atoms with E-state index in [9.17, 15) is 4.79 Å². The molecule has 2 aliphatic carbocycles. The molecule has 3 heteroatoms. The van der Waals surface area contributed by atoms with Crippen LogP contribution in [0.15, 0.2) is 12.1 Å². The third-order valence-corrected chi connectivity index (χ3v) is 5.35. The van der Waals surface area contributed by atoms with Gasteiger partial charge in [0, 0.05) is 16.8 Å². The molecular formula is C16H21NO2. The molecule has 0 spiro atoms. The number of rotatable bonds is 2. The Balaban J connectivity index is 1.95. The van der Waals surface area contributed by atoms with Crippen molar-refractivity contribution >= 4 is 5.97 Å². The van der Waals surface area contributed by atoms with Crippen molar-refractivity contribution in [1.82, 2.24) is 4.98 Å². The molecule has 0 radical (unpaired) electrons. The molecule has 1 aromatic rings. The van der Waals surface area contributed by atoms with Crippen LogP contribution in [0.2, 0.25) is 0 Å². The first-order valence-electron chi connectivity index (χ1n) is 7.05. The Morgan fingerprint density at radius 1 is 1.21 bits per heavy atom. The monoisotopic (exact) mass is 259 g/mol. The summed E-state index contributed by atoms with van der Waals surface area (Å²) in [5.74, 6) is -0.0179. The lowest BCUT2D eigenvalue weighted by Crippen LogP contribution is -2.27. The quantitative estimate of drug-likeness (QED) is 0.766. The van der Waals surface area contributed by atoms with Gasteiger partial charge in [-0.2, -0.15) is 0 Å². The smallest absolute Gasteiger partial charge is 0.311 e. The molecule has 19 heavy (non-hydrogen) atoms. The van der Waals surface area contributed by atoms with Gasteiger partial charge in [0.1, 0.15) is 0 Å². The first kappa shape index (κ1) is 12.6. The van der Waals surface area contributed by atoms with Gasteiger partial charge in [-0.05, 0) is 57.6 Å². The van der Waals surface area contributed by atoms with E-state index < -0.39 is 0 Å². The van der Waals surface area contributed by atoms with E-state index in [0.717, 1.165) is 37.8 Å². The molecule has 0 unspecified atom stereocenters. The van der Waals surface area contributed by atoms with E-state index in [4.69, 9.17) is 9.72 Å². The molecule has 2 saturated carbocycles. The van der Waals surface area contributed by atoms with Gasteiger partial charge in [-0.15, -0.1) is 0 Å². The van der Waals surface area contributed by atoms with E-state index in [1.807, 2.05) is 0 Å². The molecule has 1 aromatic heterocycles. The second-order valence-corrected chi connectivity index (χ2v) is 6.33. The number of carbonyl (C=O) groups excluding carboxylic acids is 1. The number of pyridine rings is 1. The zero-order chi connectivity index (χ0) is 13.7. The van der Waals surface area contributed by atoms with Crippen LogP contribution < -0.4 is 0 Å². The van der Waals surface area contributed by atoms with Gasteiger partial charge < -0.3 is 4.74 Å². The molecule has 3 rings (SSSR count). The molecule has 0 saturated heterocycles.